The van der Waals surface area contributed by atoms with Crippen LogP contribution in [0.25, 0.3) is 10.8 Å². The van der Waals surface area contributed by atoms with Crippen molar-refractivity contribution in [1.29, 1.82) is 0 Å². The van der Waals surface area contributed by atoms with Gasteiger partial charge in [-0.1, -0.05) is 32.0 Å². The zero-order valence-electron chi connectivity index (χ0n) is 10.9. The van der Waals surface area contributed by atoms with E-state index in [1.165, 1.54) is 7.11 Å². The number of benzene rings is 1. The third-order valence-corrected chi connectivity index (χ3v) is 3.17. The third-order valence-electron chi connectivity index (χ3n) is 3.17. The van der Waals surface area contributed by atoms with E-state index < -0.39 is 0 Å². The van der Waals surface area contributed by atoms with Crippen molar-refractivity contribution in [2.45, 2.75) is 19.8 Å². The van der Waals surface area contributed by atoms with Crippen LogP contribution in [0.4, 0.5) is 0 Å². The molecule has 0 amide bonds. The van der Waals surface area contributed by atoms with E-state index in [1.54, 1.807) is 6.20 Å². The van der Waals surface area contributed by atoms with E-state index in [0.29, 0.717) is 0 Å². The summed E-state index contributed by atoms with van der Waals surface area (Å²) in [6.07, 6.45) is 3.56. The van der Waals surface area contributed by atoms with Gasteiger partial charge in [-0.15, -0.1) is 0 Å². The minimum atomic E-state index is -0.235. The van der Waals surface area contributed by atoms with Gasteiger partial charge in [0.2, 0.25) is 0 Å². The van der Waals surface area contributed by atoms with Crippen molar-refractivity contribution in [2.75, 3.05) is 7.11 Å². The summed E-state index contributed by atoms with van der Waals surface area (Å²) >= 11 is 0. The second-order valence-electron chi connectivity index (χ2n) is 4.69. The van der Waals surface area contributed by atoms with E-state index in [4.69, 9.17) is 4.74 Å². The molecule has 0 bridgehead atoms. The number of hydrogen-bond donors (Lipinski definition) is 0. The molecule has 0 radical (unpaired) electrons. The molecule has 3 heteroatoms. The standard InChI is InChI=1S/C15H17NO2/c1-10(2)14(15(17)18-3)13-6-4-5-11-9-16-8-7-12(11)13/h4-10,14H,1-3H3. The summed E-state index contributed by atoms with van der Waals surface area (Å²) in [5.74, 6) is -0.230. The lowest BCUT2D eigenvalue weighted by Crippen LogP contribution is -2.19. The summed E-state index contributed by atoms with van der Waals surface area (Å²) in [7, 11) is 1.43. The number of carbonyl (C=O) groups excluding carboxylic acids is 1. The SMILES string of the molecule is COC(=O)C(c1cccc2cnccc12)C(C)C. The highest BCUT2D eigenvalue weighted by molar-refractivity contribution is 5.90. The first-order valence-electron chi connectivity index (χ1n) is 6.05. The first kappa shape index (κ1) is 12.6. The number of fused-ring (bicyclic) bond motifs is 1. The third kappa shape index (κ3) is 2.21. The molecule has 1 heterocycles. The maximum absolute atomic E-state index is 12.0. The number of rotatable bonds is 3. The van der Waals surface area contributed by atoms with Crippen molar-refractivity contribution >= 4 is 16.7 Å². The maximum atomic E-state index is 12.0. The fourth-order valence-electron chi connectivity index (χ4n) is 2.30. The predicted molar refractivity (Wildman–Crippen MR) is 71.3 cm³/mol. The van der Waals surface area contributed by atoms with Crippen molar-refractivity contribution < 1.29 is 9.53 Å². The highest BCUT2D eigenvalue weighted by Crippen LogP contribution is 2.31. The van der Waals surface area contributed by atoms with Crippen molar-refractivity contribution in [3.05, 3.63) is 42.2 Å². The van der Waals surface area contributed by atoms with Gasteiger partial charge in [0.1, 0.15) is 0 Å². The van der Waals surface area contributed by atoms with Gasteiger partial charge in [0.15, 0.2) is 0 Å². The molecule has 1 aromatic heterocycles. The molecule has 0 saturated heterocycles. The largest absolute Gasteiger partial charge is 0.469 e. The number of methoxy groups -OCH3 is 1. The van der Waals surface area contributed by atoms with Gasteiger partial charge < -0.3 is 4.74 Å². The molecule has 1 unspecified atom stereocenters. The second kappa shape index (κ2) is 5.17. The Bertz CT molecular complexity index is 558. The van der Waals surface area contributed by atoms with Crippen LogP contribution in [0, 0.1) is 5.92 Å². The van der Waals surface area contributed by atoms with Crippen LogP contribution in [-0.4, -0.2) is 18.1 Å². The predicted octanol–water partition coefficient (Wildman–Crippen LogP) is 3.15. The molecular weight excluding hydrogens is 226 g/mol. The van der Waals surface area contributed by atoms with Gasteiger partial charge in [-0.25, -0.2) is 0 Å². The molecule has 18 heavy (non-hydrogen) atoms. The lowest BCUT2D eigenvalue weighted by atomic mass is 9.86. The van der Waals surface area contributed by atoms with Gasteiger partial charge in [-0.3, -0.25) is 9.78 Å². The van der Waals surface area contributed by atoms with E-state index in [1.807, 2.05) is 44.3 Å². The minimum absolute atomic E-state index is 0.186. The molecule has 0 fully saturated rings. The van der Waals surface area contributed by atoms with Gasteiger partial charge in [0, 0.05) is 17.8 Å². The van der Waals surface area contributed by atoms with Crippen LogP contribution in [0.1, 0.15) is 25.3 Å². The summed E-state index contributed by atoms with van der Waals surface area (Å²) in [5, 5.41) is 2.11. The Morgan fingerprint density at radius 1 is 1.28 bits per heavy atom. The Labute approximate surface area is 107 Å². The number of ether oxygens (including phenoxy) is 1. The summed E-state index contributed by atoms with van der Waals surface area (Å²) in [6, 6.07) is 7.89. The number of hydrogen-bond acceptors (Lipinski definition) is 3. The monoisotopic (exact) mass is 243 g/mol. The minimum Gasteiger partial charge on any atom is -0.469 e. The highest BCUT2D eigenvalue weighted by atomic mass is 16.5. The summed E-state index contributed by atoms with van der Waals surface area (Å²) in [5.41, 5.74) is 1.01. The van der Waals surface area contributed by atoms with Gasteiger partial charge in [-0.05, 0) is 22.9 Å². The Morgan fingerprint density at radius 3 is 2.72 bits per heavy atom. The molecule has 0 N–H and O–H groups in total. The summed E-state index contributed by atoms with van der Waals surface area (Å²) in [6.45, 7) is 4.06. The lowest BCUT2D eigenvalue weighted by Gasteiger charge is -2.20. The van der Waals surface area contributed by atoms with Gasteiger partial charge in [0.25, 0.3) is 0 Å². The molecule has 94 valence electrons. The fraction of sp³-hybridized carbons (Fsp3) is 0.333. The highest BCUT2D eigenvalue weighted by Gasteiger charge is 2.26. The molecular formula is C15H17NO2. The average molecular weight is 243 g/mol. The van der Waals surface area contributed by atoms with E-state index in [0.717, 1.165) is 16.3 Å². The molecule has 0 aliphatic carbocycles. The van der Waals surface area contributed by atoms with E-state index in [9.17, 15) is 4.79 Å². The molecule has 0 aliphatic rings. The van der Waals surface area contributed by atoms with Gasteiger partial charge >= 0.3 is 5.97 Å². The average Bonchev–Trinajstić information content (AvgIpc) is 2.38. The Balaban J connectivity index is 2.61. The van der Waals surface area contributed by atoms with Crippen LogP contribution in [0.3, 0.4) is 0 Å². The number of carbonyl (C=O) groups is 1. The van der Waals surface area contributed by atoms with Gasteiger partial charge in [-0.2, -0.15) is 0 Å². The molecule has 2 rings (SSSR count). The van der Waals surface area contributed by atoms with E-state index in [-0.39, 0.29) is 17.8 Å². The van der Waals surface area contributed by atoms with Crippen LogP contribution >= 0.6 is 0 Å². The molecule has 0 aliphatic heterocycles. The van der Waals surface area contributed by atoms with Crippen molar-refractivity contribution in [3.63, 3.8) is 0 Å². The number of pyridine rings is 1. The van der Waals surface area contributed by atoms with E-state index in [2.05, 4.69) is 4.98 Å². The maximum Gasteiger partial charge on any atom is 0.313 e. The fourth-order valence-corrected chi connectivity index (χ4v) is 2.30. The normalized spacial score (nSPS) is 12.7. The quantitative estimate of drug-likeness (QED) is 0.777. The topological polar surface area (TPSA) is 39.2 Å². The van der Waals surface area contributed by atoms with Crippen LogP contribution in [0.5, 0.6) is 0 Å². The smallest absolute Gasteiger partial charge is 0.313 e. The van der Waals surface area contributed by atoms with Crippen LogP contribution in [0.15, 0.2) is 36.7 Å². The Hall–Kier alpha value is -1.90. The Morgan fingerprint density at radius 2 is 2.06 bits per heavy atom. The second-order valence-corrected chi connectivity index (χ2v) is 4.69. The molecule has 0 spiro atoms. The first-order valence-corrected chi connectivity index (χ1v) is 6.05. The zero-order valence-corrected chi connectivity index (χ0v) is 10.9. The Kier molecular flexibility index (Phi) is 3.60. The number of nitrogens with zero attached hydrogens (tertiary/aromatic N) is 1. The molecule has 0 saturated carbocycles. The van der Waals surface area contributed by atoms with Gasteiger partial charge in [0.05, 0.1) is 13.0 Å². The van der Waals surface area contributed by atoms with Crippen LogP contribution in [0.2, 0.25) is 0 Å². The van der Waals surface area contributed by atoms with Crippen molar-refractivity contribution in [1.82, 2.24) is 4.98 Å². The first-order chi connectivity index (χ1) is 8.65. The molecule has 2 aromatic rings. The molecule has 3 nitrogen and oxygen atoms in total. The number of esters is 1. The number of aromatic nitrogens is 1. The van der Waals surface area contributed by atoms with Crippen molar-refractivity contribution in [3.8, 4) is 0 Å². The van der Waals surface area contributed by atoms with Crippen LogP contribution in [-0.2, 0) is 9.53 Å². The zero-order chi connectivity index (χ0) is 13.1. The van der Waals surface area contributed by atoms with E-state index >= 15 is 0 Å². The summed E-state index contributed by atoms with van der Waals surface area (Å²) < 4.78 is 4.92. The lowest BCUT2D eigenvalue weighted by molar-refractivity contribution is -0.143. The summed E-state index contributed by atoms with van der Waals surface area (Å²) in [4.78, 5) is 16.1. The molecule has 1 aromatic carbocycles. The van der Waals surface area contributed by atoms with Crippen molar-refractivity contribution in [2.24, 2.45) is 5.92 Å². The van der Waals surface area contributed by atoms with Crippen LogP contribution < -0.4 is 0 Å². The molecule has 1 atom stereocenters.